The van der Waals surface area contributed by atoms with Crippen molar-refractivity contribution in [1.29, 1.82) is 0 Å². The van der Waals surface area contributed by atoms with Gasteiger partial charge in [0, 0.05) is 24.8 Å². The van der Waals surface area contributed by atoms with E-state index in [0.29, 0.717) is 24.0 Å². The topological polar surface area (TPSA) is 62.6 Å². The minimum absolute atomic E-state index is 0.0173. The van der Waals surface area contributed by atoms with Crippen molar-refractivity contribution in [3.63, 3.8) is 0 Å². The molecule has 6 nitrogen and oxygen atoms in total. The number of benzene rings is 2. The minimum atomic E-state index is -0.382. The van der Waals surface area contributed by atoms with Crippen molar-refractivity contribution < 1.29 is 19.0 Å². The zero-order valence-corrected chi connectivity index (χ0v) is 21.5. The second-order valence-electron chi connectivity index (χ2n) is 8.38. The molecule has 1 heterocycles. The van der Waals surface area contributed by atoms with E-state index in [1.54, 1.807) is 7.11 Å². The zero-order valence-electron chi connectivity index (χ0n) is 21.5. The van der Waals surface area contributed by atoms with Gasteiger partial charge in [0.25, 0.3) is 0 Å². The Morgan fingerprint density at radius 2 is 1.74 bits per heavy atom. The Labute approximate surface area is 204 Å². The molecule has 1 fully saturated rings. The number of fused-ring (bicyclic) bond motifs is 1. The Balaban J connectivity index is 0.000000311. The normalized spacial score (nSPS) is 13.5. The van der Waals surface area contributed by atoms with Crippen LogP contribution in [0.4, 0.5) is 0 Å². The van der Waals surface area contributed by atoms with E-state index in [2.05, 4.69) is 4.68 Å². The molecule has 0 spiro atoms. The number of aromatic nitrogens is 2. The molecule has 1 saturated carbocycles. The van der Waals surface area contributed by atoms with Gasteiger partial charge in [0.05, 0.1) is 31.4 Å². The number of rotatable bonds is 6. The lowest BCUT2D eigenvalue weighted by Crippen LogP contribution is -2.12. The zero-order chi connectivity index (χ0) is 24.9. The molecule has 6 heteroatoms. The molecule has 1 aromatic heterocycles. The molecule has 0 bridgehead atoms. The fourth-order valence-electron chi connectivity index (χ4n) is 3.97. The highest BCUT2D eigenvalue weighted by atomic mass is 16.5. The number of esters is 1. The summed E-state index contributed by atoms with van der Waals surface area (Å²) in [5.41, 5.74) is 2.54. The fourth-order valence-corrected chi connectivity index (χ4v) is 3.97. The Hall–Kier alpha value is -2.86. The van der Waals surface area contributed by atoms with E-state index in [1.165, 1.54) is 44.8 Å². The van der Waals surface area contributed by atoms with Crippen molar-refractivity contribution >= 4 is 16.9 Å². The van der Waals surface area contributed by atoms with E-state index < -0.39 is 0 Å². The highest BCUT2D eigenvalue weighted by Gasteiger charge is 2.20. The van der Waals surface area contributed by atoms with Crippen LogP contribution in [0.3, 0.4) is 0 Å². The van der Waals surface area contributed by atoms with Gasteiger partial charge in [-0.25, -0.2) is 4.79 Å². The van der Waals surface area contributed by atoms with Crippen molar-refractivity contribution in [1.82, 2.24) is 9.78 Å². The first-order valence-electron chi connectivity index (χ1n) is 12.3. The summed E-state index contributed by atoms with van der Waals surface area (Å²) >= 11 is 0. The maximum Gasteiger partial charge on any atom is 0.341 e. The molecule has 2 aromatic carbocycles. The van der Waals surface area contributed by atoms with E-state index in [0.717, 1.165) is 10.9 Å². The van der Waals surface area contributed by atoms with Crippen LogP contribution in [0.15, 0.2) is 48.7 Å². The van der Waals surface area contributed by atoms with Gasteiger partial charge < -0.3 is 14.2 Å². The van der Waals surface area contributed by atoms with Gasteiger partial charge in [-0.2, -0.15) is 5.10 Å². The van der Waals surface area contributed by atoms with E-state index in [1.807, 2.05) is 76.4 Å². The molecule has 0 unspecified atom stereocenters. The van der Waals surface area contributed by atoms with E-state index >= 15 is 0 Å². The van der Waals surface area contributed by atoms with Crippen LogP contribution in [0.1, 0.15) is 81.8 Å². The lowest BCUT2D eigenvalue weighted by Gasteiger charge is -2.21. The van der Waals surface area contributed by atoms with Crippen molar-refractivity contribution in [2.45, 2.75) is 78.6 Å². The largest absolute Gasteiger partial charge is 0.490 e. The molecular formula is C28H40N2O4. The fraction of sp³-hybridized carbons (Fsp3) is 0.500. The summed E-state index contributed by atoms with van der Waals surface area (Å²) < 4.78 is 17.7. The molecule has 186 valence electrons. The van der Waals surface area contributed by atoms with Crippen molar-refractivity contribution in [2.24, 2.45) is 0 Å². The molecule has 34 heavy (non-hydrogen) atoms. The molecule has 0 N–H and O–H groups in total. The predicted octanol–water partition coefficient (Wildman–Crippen LogP) is 6.97. The molecule has 4 rings (SSSR count). The lowest BCUT2D eigenvalue weighted by atomic mass is 9.96. The van der Waals surface area contributed by atoms with Crippen LogP contribution in [0.25, 0.3) is 10.9 Å². The van der Waals surface area contributed by atoms with E-state index in [-0.39, 0.29) is 12.1 Å². The minimum Gasteiger partial charge on any atom is -0.490 e. The smallest absolute Gasteiger partial charge is 0.341 e. The second kappa shape index (κ2) is 14.4. The highest BCUT2D eigenvalue weighted by Crippen LogP contribution is 2.31. The average Bonchev–Trinajstić information content (AvgIpc) is 3.29. The third kappa shape index (κ3) is 7.87. The summed E-state index contributed by atoms with van der Waals surface area (Å²) in [4.78, 5) is 12.0. The quantitative estimate of drug-likeness (QED) is 0.365. The number of hydrogen-bond donors (Lipinski definition) is 0. The predicted molar refractivity (Wildman–Crippen MR) is 137 cm³/mol. The molecule has 0 atom stereocenters. The molecule has 1 aliphatic carbocycles. The Kier molecular flexibility index (Phi) is 11.6. The molecule has 3 aromatic rings. The highest BCUT2D eigenvalue weighted by molar-refractivity contribution is 5.97. The van der Waals surface area contributed by atoms with Crippen molar-refractivity contribution in [2.75, 3.05) is 14.2 Å². The van der Waals surface area contributed by atoms with Gasteiger partial charge in [-0.15, -0.1) is 0 Å². The SMILES string of the molecule is CC.COC(=O)c1cc2cn(C3CCCCC3)nc2cc1OC(C)C.COCc1ccccc1. The average molecular weight is 469 g/mol. The number of carbonyl (C=O) groups is 1. The van der Waals surface area contributed by atoms with Crippen LogP contribution in [0.5, 0.6) is 5.75 Å². The van der Waals surface area contributed by atoms with Gasteiger partial charge in [-0.3, -0.25) is 4.68 Å². The third-order valence-electron chi connectivity index (χ3n) is 5.49. The third-order valence-corrected chi connectivity index (χ3v) is 5.49. The maximum absolute atomic E-state index is 12.0. The summed E-state index contributed by atoms with van der Waals surface area (Å²) in [6, 6.07) is 14.2. The first-order chi connectivity index (χ1) is 16.5. The number of methoxy groups -OCH3 is 2. The Bertz CT molecular complexity index is 992. The summed E-state index contributed by atoms with van der Waals surface area (Å²) in [7, 11) is 3.09. The standard InChI is InChI=1S/C18H24N2O3.C8H10O.C2H6/c1-12(2)23-17-10-16-13(9-15(17)18(21)22-3)11-20(19-16)14-7-5-4-6-8-14;1-9-7-8-5-3-2-4-6-8;1-2/h9-12,14H,4-8H2,1-3H3;2-6H,7H2,1H3;1-2H3. The molecular weight excluding hydrogens is 428 g/mol. The van der Waals surface area contributed by atoms with Crippen molar-refractivity contribution in [3.8, 4) is 5.75 Å². The maximum atomic E-state index is 12.0. The summed E-state index contributed by atoms with van der Waals surface area (Å²) in [6.07, 6.45) is 8.20. The molecule has 0 amide bonds. The van der Waals surface area contributed by atoms with Gasteiger partial charge in [-0.05, 0) is 38.3 Å². The summed E-state index contributed by atoms with van der Waals surface area (Å²) in [5, 5.41) is 5.67. The van der Waals surface area contributed by atoms with Gasteiger partial charge in [0.15, 0.2) is 0 Å². The van der Waals surface area contributed by atoms with Crippen LogP contribution >= 0.6 is 0 Å². The molecule has 0 saturated heterocycles. The first-order valence-corrected chi connectivity index (χ1v) is 12.3. The Morgan fingerprint density at radius 3 is 2.32 bits per heavy atom. The van der Waals surface area contributed by atoms with Gasteiger partial charge in [-0.1, -0.05) is 63.4 Å². The van der Waals surface area contributed by atoms with E-state index in [4.69, 9.17) is 19.3 Å². The molecule has 0 aliphatic heterocycles. The second-order valence-corrected chi connectivity index (χ2v) is 8.38. The van der Waals surface area contributed by atoms with Gasteiger partial charge in [0.2, 0.25) is 0 Å². The van der Waals surface area contributed by atoms with Crippen LogP contribution in [0, 0.1) is 0 Å². The number of hydrogen-bond acceptors (Lipinski definition) is 5. The summed E-state index contributed by atoms with van der Waals surface area (Å²) in [6.45, 7) is 8.58. The molecule has 0 radical (unpaired) electrons. The van der Waals surface area contributed by atoms with Crippen molar-refractivity contribution in [3.05, 3.63) is 59.8 Å². The number of nitrogens with zero attached hydrogens (tertiary/aromatic N) is 2. The number of carbonyl (C=O) groups excluding carboxylic acids is 1. The lowest BCUT2D eigenvalue weighted by molar-refractivity contribution is 0.0594. The summed E-state index contributed by atoms with van der Waals surface area (Å²) in [5.74, 6) is 0.154. The monoisotopic (exact) mass is 468 g/mol. The van der Waals surface area contributed by atoms with E-state index in [9.17, 15) is 4.79 Å². The van der Waals surface area contributed by atoms with Crippen LogP contribution < -0.4 is 4.74 Å². The number of ether oxygens (including phenoxy) is 3. The Morgan fingerprint density at radius 1 is 1.06 bits per heavy atom. The van der Waals surface area contributed by atoms with Crippen LogP contribution in [-0.4, -0.2) is 36.1 Å². The van der Waals surface area contributed by atoms with Crippen LogP contribution in [0.2, 0.25) is 0 Å². The van der Waals surface area contributed by atoms with Gasteiger partial charge in [0.1, 0.15) is 11.3 Å². The van der Waals surface area contributed by atoms with Crippen LogP contribution in [-0.2, 0) is 16.1 Å². The van der Waals surface area contributed by atoms with Gasteiger partial charge >= 0.3 is 5.97 Å². The first kappa shape index (κ1) is 27.4. The molecule has 1 aliphatic rings.